The second-order valence-corrected chi connectivity index (χ2v) is 24.7. The van der Waals surface area contributed by atoms with Crippen LogP contribution in [-0.4, -0.2) is 15.6 Å². The number of pyridine rings is 1. The average Bonchev–Trinajstić information content (AvgIpc) is 3.42. The summed E-state index contributed by atoms with van der Waals surface area (Å²) >= 11 is 0. The molecule has 3 heterocycles. The summed E-state index contributed by atoms with van der Waals surface area (Å²) in [6.07, 6.45) is 14.0. The van der Waals surface area contributed by atoms with Gasteiger partial charge < -0.3 is 9.30 Å². The maximum atomic E-state index is 14.8. The molecular weight excluding hydrogens is 1190 g/mol. The minimum atomic E-state index is -0.310. The van der Waals surface area contributed by atoms with Gasteiger partial charge in [0.2, 0.25) is 5.69 Å². The summed E-state index contributed by atoms with van der Waals surface area (Å²) < 4.78 is 43.4. The molecule has 0 radical (unpaired) electrons. The van der Waals surface area contributed by atoms with Gasteiger partial charge in [-0.15, -0.1) is 29.1 Å². The van der Waals surface area contributed by atoms with E-state index in [4.69, 9.17) is 9.72 Å². The van der Waals surface area contributed by atoms with Gasteiger partial charge in [-0.2, -0.15) is 6.07 Å². The molecule has 412 valence electrons. The molecule has 13 rings (SSSR count). The van der Waals surface area contributed by atoms with Gasteiger partial charge in [-0.25, -0.2) is 13.8 Å². The van der Waals surface area contributed by atoms with Gasteiger partial charge >= 0.3 is 27.1 Å². The van der Waals surface area contributed by atoms with Gasteiger partial charge in [0.15, 0.2) is 0 Å². The first-order valence-electron chi connectivity index (χ1n) is 29.2. The van der Waals surface area contributed by atoms with Crippen LogP contribution in [0, 0.1) is 23.8 Å². The van der Waals surface area contributed by atoms with Gasteiger partial charge in [0.1, 0.15) is 23.1 Å². The maximum absolute atomic E-state index is 14.8. The fraction of sp³-hybridized carbons (Fsp3) is 0.270. The van der Waals surface area contributed by atoms with Crippen molar-refractivity contribution in [2.45, 2.75) is 128 Å². The summed E-state index contributed by atoms with van der Waals surface area (Å²) in [5, 5.41) is 2.18. The molecule has 8 heteroatoms. The Balaban J connectivity index is 0.00000665. The van der Waals surface area contributed by atoms with Crippen LogP contribution in [0.4, 0.5) is 31.5 Å². The van der Waals surface area contributed by atoms with Gasteiger partial charge in [0.05, 0.1) is 11.1 Å². The summed E-state index contributed by atoms with van der Waals surface area (Å²) in [4.78, 5) is 4.97. The number of nitrogens with zero attached hydrogens (tertiary/aromatic N) is 4. The van der Waals surface area contributed by atoms with Crippen molar-refractivity contribution >= 4 is 50.6 Å². The van der Waals surface area contributed by atoms with Gasteiger partial charge in [-0.05, 0) is 152 Å². The van der Waals surface area contributed by atoms with Crippen molar-refractivity contribution in [2.75, 3.05) is 0 Å². The summed E-state index contributed by atoms with van der Waals surface area (Å²) in [6.45, 7) is 13.3. The number of hydrogen-bond acceptors (Lipinski definition) is 2. The molecule has 2 aromatic heterocycles. The Morgan fingerprint density at radius 1 is 0.537 bits per heavy atom. The number of rotatable bonds is 10. The monoisotopic (exact) mass is 1260 g/mol. The number of benzene rings is 8. The minimum Gasteiger partial charge on any atom is -0.509 e. The van der Waals surface area contributed by atoms with Crippen LogP contribution in [0.25, 0.3) is 61.0 Å². The molecule has 8 aromatic carbocycles. The zero-order chi connectivity index (χ0) is 55.6. The quantitative estimate of drug-likeness (QED) is 0.101. The van der Waals surface area contributed by atoms with E-state index in [-0.39, 0.29) is 43.5 Å². The Labute approximate surface area is 496 Å². The van der Waals surface area contributed by atoms with E-state index in [1.54, 1.807) is 0 Å². The molecule has 2 saturated carbocycles. The zero-order valence-corrected chi connectivity index (χ0v) is 49.9. The molecule has 0 atom stereocenters. The van der Waals surface area contributed by atoms with Crippen LogP contribution in [-0.2, 0) is 31.9 Å². The number of para-hydroxylation sites is 3. The van der Waals surface area contributed by atoms with Crippen molar-refractivity contribution in [1.82, 2.24) is 18.7 Å². The molecule has 2 aliphatic carbocycles. The number of halogens is 2. The first-order valence-corrected chi connectivity index (χ1v) is 29.2. The Morgan fingerprint density at radius 2 is 1.11 bits per heavy atom. The van der Waals surface area contributed by atoms with Crippen molar-refractivity contribution in [2.24, 2.45) is 0 Å². The molecule has 0 unspecified atom stereocenters. The van der Waals surface area contributed by atoms with E-state index >= 15 is 0 Å². The molecule has 0 bridgehead atoms. The predicted molar refractivity (Wildman–Crippen MR) is 329 cm³/mol. The largest absolute Gasteiger partial charge is 2.00 e. The van der Waals surface area contributed by atoms with E-state index in [0.29, 0.717) is 23.3 Å². The van der Waals surface area contributed by atoms with E-state index < -0.39 is 0 Å². The topological polar surface area (TPSA) is 33.1 Å². The molecule has 0 amide bonds. The zero-order valence-electron chi connectivity index (χ0n) is 47.7. The molecule has 3 aliphatic rings. The van der Waals surface area contributed by atoms with E-state index in [1.807, 2.05) is 36.5 Å². The van der Waals surface area contributed by atoms with Crippen molar-refractivity contribution in [3.63, 3.8) is 0 Å². The molecule has 0 N–H and O–H groups in total. The smallest absolute Gasteiger partial charge is 0.509 e. The standard InChI is InChI=1S/C74H68F2N4O.Pt/c1-73(2,3)53-38-39-77-70(44-53)80-66-25-14-13-22-62(66)63-37-36-58(46-69(63)80)81-59-41-52(71-60(48-18-9-7-10-19-48)23-17-24-61(71)49-20-11-8-12-21-49)40-57(45-59)78-47-79(68-27-16-15-26-67(68)78)72-64(50-28-32-55(75)33-29-50)42-54(74(4,5)6)43-65(72)51-30-34-56(76)35-31-51;/h13-17,22-44,48-49H,7-12,18-21H2,1-6H3;/q;+2. The first-order chi connectivity index (χ1) is 39.2. The molecule has 82 heavy (non-hydrogen) atoms. The summed E-state index contributed by atoms with van der Waals surface area (Å²) in [5.74, 6) is 2.23. The predicted octanol–water partition coefficient (Wildman–Crippen LogP) is 20.4. The molecule has 0 spiro atoms. The molecule has 0 saturated heterocycles. The summed E-state index contributed by atoms with van der Waals surface area (Å²) in [7, 11) is 0. The third-order valence-corrected chi connectivity index (χ3v) is 17.3. The molecule has 5 nitrogen and oxygen atoms in total. The fourth-order valence-electron chi connectivity index (χ4n) is 13.0. The van der Waals surface area contributed by atoms with E-state index in [9.17, 15) is 8.78 Å². The second kappa shape index (κ2) is 22.3. The maximum Gasteiger partial charge on any atom is 2.00 e. The Hall–Kier alpha value is -7.56. The Morgan fingerprint density at radius 3 is 1.71 bits per heavy atom. The van der Waals surface area contributed by atoms with Crippen LogP contribution < -0.4 is 13.9 Å². The van der Waals surface area contributed by atoms with E-state index in [1.165, 1.54) is 111 Å². The van der Waals surface area contributed by atoms with Gasteiger partial charge in [-0.3, -0.25) is 0 Å². The van der Waals surface area contributed by atoms with Crippen LogP contribution in [0.15, 0.2) is 170 Å². The SMILES string of the molecule is CC(C)(C)c1ccnc(-n2c3[c-]c(Oc4[c-]c([N+]5=C=[N+](c6c(-c7ccc(F)cc7)cc(C(C)(C)C)cc6-c6ccc(F)cc6)c6ccccc65)cc(-c5c(C6CCCCC6)cccc5C5CCCCC5)c4)ccc3c3ccccc32)c1.[Pt+2]. The van der Waals surface area contributed by atoms with E-state index in [0.717, 1.165) is 83.8 Å². The molecule has 10 aromatic rings. The summed E-state index contributed by atoms with van der Waals surface area (Å²) in [5.41, 5.74) is 16.0. The number of ether oxygens (including phenoxy) is 1. The van der Waals surface area contributed by atoms with Crippen LogP contribution >= 0.6 is 0 Å². The number of hydrogen-bond donors (Lipinski definition) is 0. The van der Waals surface area contributed by atoms with Crippen molar-refractivity contribution in [3.05, 3.63) is 216 Å². The van der Waals surface area contributed by atoms with Crippen molar-refractivity contribution in [1.29, 1.82) is 0 Å². The van der Waals surface area contributed by atoms with Crippen molar-refractivity contribution < 1.29 is 34.6 Å². The number of aromatic nitrogens is 2. The average molecular weight is 1260 g/mol. The van der Waals surface area contributed by atoms with Gasteiger partial charge in [0, 0.05) is 35.3 Å². The van der Waals surface area contributed by atoms with Crippen LogP contribution in [0.3, 0.4) is 0 Å². The fourth-order valence-corrected chi connectivity index (χ4v) is 13.0. The molecule has 2 fully saturated rings. The van der Waals surface area contributed by atoms with Crippen LogP contribution in [0.2, 0.25) is 0 Å². The molecule has 1 aliphatic heterocycles. The Kier molecular flexibility index (Phi) is 15.0. The van der Waals surface area contributed by atoms with Gasteiger partial charge in [0.25, 0.3) is 11.4 Å². The Bertz CT molecular complexity index is 4020. The van der Waals surface area contributed by atoms with Gasteiger partial charge in [-0.1, -0.05) is 175 Å². The molecular formula is C74H68F2N4OPt+2. The van der Waals surface area contributed by atoms with Crippen LogP contribution in [0.1, 0.15) is 140 Å². The number of fused-ring (bicyclic) bond motifs is 4. The van der Waals surface area contributed by atoms with Crippen molar-refractivity contribution in [3.8, 4) is 50.7 Å². The van der Waals surface area contributed by atoms with Crippen LogP contribution in [0.5, 0.6) is 11.5 Å². The summed E-state index contributed by atoms with van der Waals surface area (Å²) in [6, 6.07) is 66.4. The third kappa shape index (κ3) is 10.5. The van der Waals surface area contributed by atoms with E-state index in [2.05, 4.69) is 183 Å². The minimum absolute atomic E-state index is 0. The normalized spacial score (nSPS) is 15.1. The second-order valence-electron chi connectivity index (χ2n) is 24.7. The third-order valence-electron chi connectivity index (χ3n) is 17.3. The first kappa shape index (κ1) is 55.0.